The maximum Gasteiger partial charge on any atom is 0.0481 e. The highest BCUT2D eigenvalue weighted by Crippen LogP contribution is 2.32. The van der Waals surface area contributed by atoms with Gasteiger partial charge in [-0.25, -0.2) is 0 Å². The van der Waals surface area contributed by atoms with Gasteiger partial charge in [0.2, 0.25) is 0 Å². The maximum absolute atomic E-state index is 2.69. The minimum atomic E-state index is 0.753. The Morgan fingerprint density at radius 3 is 2.27 bits per heavy atom. The first-order valence-corrected chi connectivity index (χ1v) is 11.7. The summed E-state index contributed by atoms with van der Waals surface area (Å²) in [6, 6.07) is 19.1. The van der Waals surface area contributed by atoms with Crippen molar-refractivity contribution in [3.63, 3.8) is 0 Å². The molecule has 0 N–H and O–H groups in total. The first-order chi connectivity index (χ1) is 14.7. The van der Waals surface area contributed by atoms with Gasteiger partial charge in [0, 0.05) is 43.3 Å². The van der Waals surface area contributed by atoms with Crippen LogP contribution < -0.4 is 0 Å². The quantitative estimate of drug-likeness (QED) is 0.537. The highest BCUT2D eigenvalue weighted by atomic mass is 15.2. The average Bonchev–Trinajstić information content (AvgIpc) is 3.56. The Bertz CT molecular complexity index is 975. The molecule has 3 heteroatoms. The molecule has 3 aromatic rings. The maximum atomic E-state index is 2.69. The third-order valence-corrected chi connectivity index (χ3v) is 7.19. The smallest absolute Gasteiger partial charge is 0.0481 e. The molecule has 0 amide bonds. The Labute approximate surface area is 181 Å². The molecule has 30 heavy (non-hydrogen) atoms. The SMILES string of the molecule is CN1CCC(Cc2ccc(CN(Cc3cn(C)c4ccccc34)C3CC3)cc2)CC1. The van der Waals surface area contributed by atoms with Crippen LogP contribution in [0.25, 0.3) is 10.9 Å². The lowest BCUT2D eigenvalue weighted by Crippen LogP contribution is -2.30. The van der Waals surface area contributed by atoms with E-state index in [-0.39, 0.29) is 0 Å². The summed E-state index contributed by atoms with van der Waals surface area (Å²) in [6.45, 7) is 4.62. The number of nitrogens with zero attached hydrogens (tertiary/aromatic N) is 3. The van der Waals surface area contributed by atoms with E-state index >= 15 is 0 Å². The van der Waals surface area contributed by atoms with Crippen molar-refractivity contribution in [1.82, 2.24) is 14.4 Å². The minimum absolute atomic E-state index is 0.753. The van der Waals surface area contributed by atoms with Gasteiger partial charge in [0.25, 0.3) is 0 Å². The number of fused-ring (bicyclic) bond motifs is 1. The lowest BCUT2D eigenvalue weighted by atomic mass is 9.90. The van der Waals surface area contributed by atoms with Crippen LogP contribution in [0.1, 0.15) is 42.4 Å². The van der Waals surface area contributed by atoms with E-state index in [1.807, 2.05) is 0 Å². The number of hydrogen-bond donors (Lipinski definition) is 0. The van der Waals surface area contributed by atoms with Crippen LogP contribution in [0.4, 0.5) is 0 Å². The fraction of sp³-hybridized carbons (Fsp3) is 0.481. The van der Waals surface area contributed by atoms with E-state index in [1.165, 1.54) is 72.8 Å². The molecule has 2 aliphatic rings. The molecule has 0 bridgehead atoms. The highest BCUT2D eigenvalue weighted by molar-refractivity contribution is 5.83. The molecular weight excluding hydrogens is 366 g/mol. The molecule has 5 rings (SSSR count). The van der Waals surface area contributed by atoms with Crippen LogP contribution in [0.15, 0.2) is 54.7 Å². The second-order valence-electron chi connectivity index (χ2n) is 9.69. The van der Waals surface area contributed by atoms with E-state index in [2.05, 4.69) is 83.2 Å². The van der Waals surface area contributed by atoms with Gasteiger partial charge in [0.1, 0.15) is 0 Å². The molecule has 1 aliphatic carbocycles. The molecule has 158 valence electrons. The van der Waals surface area contributed by atoms with Crippen LogP contribution in [-0.2, 0) is 26.6 Å². The molecule has 0 radical (unpaired) electrons. The molecule has 1 saturated heterocycles. The Hall–Kier alpha value is -2.10. The van der Waals surface area contributed by atoms with Crippen molar-refractivity contribution in [3.8, 4) is 0 Å². The molecule has 1 aliphatic heterocycles. The van der Waals surface area contributed by atoms with E-state index in [4.69, 9.17) is 0 Å². The van der Waals surface area contributed by atoms with Gasteiger partial charge in [0.15, 0.2) is 0 Å². The number of hydrogen-bond acceptors (Lipinski definition) is 2. The third-order valence-electron chi connectivity index (χ3n) is 7.19. The molecule has 3 nitrogen and oxygen atoms in total. The first-order valence-electron chi connectivity index (χ1n) is 11.7. The molecule has 2 fully saturated rings. The molecule has 2 heterocycles. The van der Waals surface area contributed by atoms with Gasteiger partial charge in [-0.1, -0.05) is 42.5 Å². The zero-order valence-corrected chi connectivity index (χ0v) is 18.6. The largest absolute Gasteiger partial charge is 0.350 e. The van der Waals surface area contributed by atoms with Crippen molar-refractivity contribution >= 4 is 10.9 Å². The number of para-hydroxylation sites is 1. The minimum Gasteiger partial charge on any atom is -0.350 e. The van der Waals surface area contributed by atoms with Gasteiger partial charge in [-0.3, -0.25) is 4.90 Å². The lowest BCUT2D eigenvalue weighted by molar-refractivity contribution is 0.219. The Morgan fingerprint density at radius 1 is 0.833 bits per heavy atom. The number of benzene rings is 2. The Morgan fingerprint density at radius 2 is 1.53 bits per heavy atom. The summed E-state index contributed by atoms with van der Waals surface area (Å²) in [4.78, 5) is 5.15. The van der Waals surface area contributed by atoms with Gasteiger partial charge in [-0.15, -0.1) is 0 Å². The van der Waals surface area contributed by atoms with Crippen molar-refractivity contribution < 1.29 is 0 Å². The monoisotopic (exact) mass is 401 g/mol. The number of rotatable bonds is 7. The fourth-order valence-corrected chi connectivity index (χ4v) is 5.14. The summed E-state index contributed by atoms with van der Waals surface area (Å²) in [7, 11) is 4.41. The van der Waals surface area contributed by atoms with Crippen LogP contribution in [-0.4, -0.2) is 40.5 Å². The van der Waals surface area contributed by atoms with E-state index in [0.29, 0.717) is 0 Å². The molecule has 0 unspecified atom stereocenters. The van der Waals surface area contributed by atoms with E-state index in [1.54, 1.807) is 0 Å². The summed E-state index contributed by atoms with van der Waals surface area (Å²) in [6.07, 6.45) is 8.96. The molecule has 1 saturated carbocycles. The Kier molecular flexibility index (Phi) is 5.66. The zero-order chi connectivity index (χ0) is 20.5. The van der Waals surface area contributed by atoms with Gasteiger partial charge in [-0.05, 0) is 80.9 Å². The Balaban J connectivity index is 1.25. The molecular formula is C27H35N3. The van der Waals surface area contributed by atoms with Crippen molar-refractivity contribution in [2.24, 2.45) is 13.0 Å². The zero-order valence-electron chi connectivity index (χ0n) is 18.6. The van der Waals surface area contributed by atoms with Crippen molar-refractivity contribution in [1.29, 1.82) is 0 Å². The third kappa shape index (κ3) is 4.48. The lowest BCUT2D eigenvalue weighted by Gasteiger charge is -2.29. The first kappa shape index (κ1) is 19.8. The van der Waals surface area contributed by atoms with E-state index in [0.717, 1.165) is 25.0 Å². The molecule has 1 aromatic heterocycles. The number of aryl methyl sites for hydroxylation is 1. The van der Waals surface area contributed by atoms with Crippen LogP contribution >= 0.6 is 0 Å². The standard InChI is InChI=1S/C27H35N3/c1-28-15-13-22(14-16-28)17-21-7-9-23(10-8-21)18-30(25-11-12-25)20-24-19-29(2)27-6-4-3-5-26(24)27/h3-10,19,22,25H,11-18,20H2,1-2H3. The van der Waals surface area contributed by atoms with Gasteiger partial charge < -0.3 is 9.47 Å². The summed E-state index contributed by atoms with van der Waals surface area (Å²) in [5, 5.41) is 1.40. The molecule has 2 aromatic carbocycles. The normalized spacial score (nSPS) is 18.5. The van der Waals surface area contributed by atoms with E-state index < -0.39 is 0 Å². The summed E-state index contributed by atoms with van der Waals surface area (Å²) < 4.78 is 2.27. The van der Waals surface area contributed by atoms with Crippen LogP contribution in [0, 0.1) is 5.92 Å². The van der Waals surface area contributed by atoms with E-state index in [9.17, 15) is 0 Å². The summed E-state index contributed by atoms with van der Waals surface area (Å²) in [5.74, 6) is 0.862. The summed E-state index contributed by atoms with van der Waals surface area (Å²) in [5.41, 5.74) is 5.76. The van der Waals surface area contributed by atoms with Gasteiger partial charge in [0.05, 0.1) is 0 Å². The second kappa shape index (κ2) is 8.56. The van der Waals surface area contributed by atoms with Crippen molar-refractivity contribution in [3.05, 3.63) is 71.4 Å². The van der Waals surface area contributed by atoms with Crippen molar-refractivity contribution in [2.45, 2.75) is 51.2 Å². The number of piperidine rings is 1. The van der Waals surface area contributed by atoms with Gasteiger partial charge in [-0.2, -0.15) is 0 Å². The molecule has 0 spiro atoms. The predicted molar refractivity (Wildman–Crippen MR) is 126 cm³/mol. The summed E-state index contributed by atoms with van der Waals surface area (Å²) >= 11 is 0. The van der Waals surface area contributed by atoms with Crippen LogP contribution in [0.3, 0.4) is 0 Å². The topological polar surface area (TPSA) is 11.4 Å². The fourth-order valence-electron chi connectivity index (χ4n) is 5.14. The van der Waals surface area contributed by atoms with Crippen LogP contribution in [0.5, 0.6) is 0 Å². The predicted octanol–water partition coefficient (Wildman–Crippen LogP) is 5.23. The highest BCUT2D eigenvalue weighted by Gasteiger charge is 2.29. The average molecular weight is 402 g/mol. The molecule has 0 atom stereocenters. The van der Waals surface area contributed by atoms with Crippen LogP contribution in [0.2, 0.25) is 0 Å². The number of likely N-dealkylation sites (tertiary alicyclic amines) is 1. The van der Waals surface area contributed by atoms with Gasteiger partial charge >= 0.3 is 0 Å². The van der Waals surface area contributed by atoms with Crippen molar-refractivity contribution in [2.75, 3.05) is 20.1 Å². The number of aromatic nitrogens is 1. The second-order valence-corrected chi connectivity index (χ2v) is 9.69.